The third-order valence-corrected chi connectivity index (χ3v) is 3.43. The SMILES string of the molecule is Cc1cccc(CN(C)C(=O)C(C)(C)CCl)c1. The molecule has 0 aliphatic carbocycles. The zero-order valence-electron chi connectivity index (χ0n) is 11.0. The molecule has 0 N–H and O–H groups in total. The highest BCUT2D eigenvalue weighted by Crippen LogP contribution is 2.21. The minimum absolute atomic E-state index is 0.0778. The minimum atomic E-state index is -0.500. The molecule has 0 aliphatic heterocycles. The lowest BCUT2D eigenvalue weighted by molar-refractivity contribution is -0.138. The molecule has 0 radical (unpaired) electrons. The highest BCUT2D eigenvalue weighted by Gasteiger charge is 2.29. The lowest BCUT2D eigenvalue weighted by Crippen LogP contribution is -2.39. The van der Waals surface area contributed by atoms with Crippen molar-refractivity contribution >= 4 is 17.5 Å². The van der Waals surface area contributed by atoms with Gasteiger partial charge >= 0.3 is 0 Å². The molecule has 0 unspecified atom stereocenters. The Labute approximate surface area is 109 Å². The molecule has 1 aromatic carbocycles. The molecule has 0 bridgehead atoms. The van der Waals surface area contributed by atoms with Crippen LogP contribution in [0.25, 0.3) is 0 Å². The molecule has 94 valence electrons. The molecular formula is C14H20ClNO. The first-order valence-corrected chi connectivity index (χ1v) is 6.27. The molecule has 2 nitrogen and oxygen atoms in total. The predicted octanol–water partition coefficient (Wildman–Crippen LogP) is 3.22. The fourth-order valence-electron chi connectivity index (χ4n) is 1.73. The van der Waals surface area contributed by atoms with Crippen molar-refractivity contribution in [2.75, 3.05) is 12.9 Å². The number of benzene rings is 1. The van der Waals surface area contributed by atoms with Crippen LogP contribution in [0.5, 0.6) is 0 Å². The Balaban J connectivity index is 2.73. The largest absolute Gasteiger partial charge is 0.341 e. The fraction of sp³-hybridized carbons (Fsp3) is 0.500. The van der Waals surface area contributed by atoms with Gasteiger partial charge in [-0.3, -0.25) is 4.79 Å². The highest BCUT2D eigenvalue weighted by molar-refractivity contribution is 6.19. The van der Waals surface area contributed by atoms with Crippen LogP contribution >= 0.6 is 11.6 Å². The maximum atomic E-state index is 12.1. The zero-order valence-corrected chi connectivity index (χ0v) is 11.7. The zero-order chi connectivity index (χ0) is 13.1. The topological polar surface area (TPSA) is 20.3 Å². The highest BCUT2D eigenvalue weighted by atomic mass is 35.5. The molecule has 0 saturated heterocycles. The monoisotopic (exact) mass is 253 g/mol. The van der Waals surface area contributed by atoms with Crippen LogP contribution in [0, 0.1) is 12.3 Å². The summed E-state index contributed by atoms with van der Waals surface area (Å²) < 4.78 is 0. The number of carbonyl (C=O) groups is 1. The first-order chi connectivity index (χ1) is 7.86. The quantitative estimate of drug-likeness (QED) is 0.755. The third-order valence-electron chi connectivity index (χ3n) is 2.76. The van der Waals surface area contributed by atoms with Gasteiger partial charge in [-0.1, -0.05) is 29.8 Å². The number of carbonyl (C=O) groups excluding carboxylic acids is 1. The molecule has 0 heterocycles. The Morgan fingerprint density at radius 1 is 1.41 bits per heavy atom. The molecule has 0 fully saturated rings. The van der Waals surface area contributed by atoms with Crippen LogP contribution in [0.2, 0.25) is 0 Å². The molecule has 0 aliphatic rings. The van der Waals surface area contributed by atoms with Crippen molar-refractivity contribution in [3.05, 3.63) is 35.4 Å². The van der Waals surface area contributed by atoms with Crippen LogP contribution in [0.15, 0.2) is 24.3 Å². The Morgan fingerprint density at radius 2 is 2.06 bits per heavy atom. The number of nitrogens with zero attached hydrogens (tertiary/aromatic N) is 1. The smallest absolute Gasteiger partial charge is 0.229 e. The summed E-state index contributed by atoms with van der Waals surface area (Å²) in [5.74, 6) is 0.415. The molecule has 0 atom stereocenters. The second-order valence-electron chi connectivity index (χ2n) is 5.17. The maximum Gasteiger partial charge on any atom is 0.229 e. The summed E-state index contributed by atoms with van der Waals surface area (Å²) in [5.41, 5.74) is 1.85. The summed E-state index contributed by atoms with van der Waals surface area (Å²) in [6.07, 6.45) is 0. The van der Waals surface area contributed by atoms with E-state index in [0.717, 1.165) is 5.56 Å². The molecule has 1 aromatic rings. The van der Waals surface area contributed by atoms with Crippen molar-refractivity contribution in [3.63, 3.8) is 0 Å². The number of halogens is 1. The Hall–Kier alpha value is -1.02. The standard InChI is InChI=1S/C14H20ClNO/c1-11-6-5-7-12(8-11)9-16(4)13(17)14(2,3)10-15/h5-8H,9-10H2,1-4H3. The predicted molar refractivity (Wildman–Crippen MR) is 72.2 cm³/mol. The van der Waals surface area contributed by atoms with Crippen LogP contribution < -0.4 is 0 Å². The van der Waals surface area contributed by atoms with Crippen molar-refractivity contribution in [1.82, 2.24) is 4.90 Å². The number of amides is 1. The Bertz CT molecular complexity index is 401. The second-order valence-corrected chi connectivity index (χ2v) is 5.44. The van der Waals surface area contributed by atoms with Gasteiger partial charge in [-0.15, -0.1) is 11.6 Å². The van der Waals surface area contributed by atoms with Gasteiger partial charge in [0.05, 0.1) is 5.41 Å². The molecule has 0 saturated carbocycles. The molecule has 0 spiro atoms. The van der Waals surface area contributed by atoms with Gasteiger partial charge in [-0.2, -0.15) is 0 Å². The van der Waals surface area contributed by atoms with E-state index in [-0.39, 0.29) is 5.91 Å². The van der Waals surface area contributed by atoms with Crippen molar-refractivity contribution in [1.29, 1.82) is 0 Å². The van der Waals surface area contributed by atoms with E-state index >= 15 is 0 Å². The number of hydrogen-bond donors (Lipinski definition) is 0. The van der Waals surface area contributed by atoms with Crippen LogP contribution in [0.1, 0.15) is 25.0 Å². The first kappa shape index (κ1) is 14.0. The summed E-state index contributed by atoms with van der Waals surface area (Å²) in [7, 11) is 1.82. The van der Waals surface area contributed by atoms with Gasteiger partial charge in [0.25, 0.3) is 0 Å². The summed E-state index contributed by atoms with van der Waals surface area (Å²) in [6, 6.07) is 8.19. The van der Waals surface area contributed by atoms with Gasteiger partial charge in [0.15, 0.2) is 0 Å². The van der Waals surface area contributed by atoms with Crippen molar-refractivity contribution in [2.24, 2.45) is 5.41 Å². The van der Waals surface area contributed by atoms with Crippen LogP contribution in [0.4, 0.5) is 0 Å². The summed E-state index contributed by atoms with van der Waals surface area (Å²) in [5, 5.41) is 0. The van der Waals surface area contributed by atoms with Crippen LogP contribution in [-0.2, 0) is 11.3 Å². The first-order valence-electron chi connectivity index (χ1n) is 5.74. The van der Waals surface area contributed by atoms with Crippen molar-refractivity contribution < 1.29 is 4.79 Å². The summed E-state index contributed by atoms with van der Waals surface area (Å²) in [6.45, 7) is 6.42. The lowest BCUT2D eigenvalue weighted by atomic mass is 9.94. The van der Waals surface area contributed by atoms with Gasteiger partial charge in [0.1, 0.15) is 0 Å². The van der Waals surface area contributed by atoms with E-state index in [1.54, 1.807) is 4.90 Å². The Morgan fingerprint density at radius 3 is 2.59 bits per heavy atom. The van der Waals surface area contributed by atoms with Crippen LogP contribution in [-0.4, -0.2) is 23.7 Å². The van der Waals surface area contributed by atoms with Gasteiger partial charge < -0.3 is 4.90 Å². The summed E-state index contributed by atoms with van der Waals surface area (Å²) >= 11 is 5.81. The minimum Gasteiger partial charge on any atom is -0.341 e. The van der Waals surface area contributed by atoms with Gasteiger partial charge in [0.2, 0.25) is 5.91 Å². The van der Waals surface area contributed by atoms with E-state index < -0.39 is 5.41 Å². The number of rotatable bonds is 4. The van der Waals surface area contributed by atoms with E-state index in [0.29, 0.717) is 12.4 Å². The molecule has 1 amide bonds. The number of aryl methyl sites for hydroxylation is 1. The second kappa shape index (κ2) is 5.54. The lowest BCUT2D eigenvalue weighted by Gasteiger charge is -2.27. The number of hydrogen-bond acceptors (Lipinski definition) is 1. The fourth-order valence-corrected chi connectivity index (χ4v) is 1.84. The van der Waals surface area contributed by atoms with E-state index in [4.69, 9.17) is 11.6 Å². The van der Waals surface area contributed by atoms with Crippen molar-refractivity contribution in [3.8, 4) is 0 Å². The van der Waals surface area contributed by atoms with Gasteiger partial charge in [0, 0.05) is 19.5 Å². The average Bonchev–Trinajstić information content (AvgIpc) is 2.28. The molecular weight excluding hydrogens is 234 g/mol. The molecule has 1 rings (SSSR count). The van der Waals surface area contributed by atoms with Crippen LogP contribution in [0.3, 0.4) is 0 Å². The normalized spacial score (nSPS) is 11.4. The van der Waals surface area contributed by atoms with E-state index in [1.807, 2.05) is 46.0 Å². The molecule has 0 aromatic heterocycles. The Kier molecular flexibility index (Phi) is 4.58. The third kappa shape index (κ3) is 3.74. The number of alkyl halides is 1. The van der Waals surface area contributed by atoms with Gasteiger partial charge in [-0.25, -0.2) is 0 Å². The van der Waals surface area contributed by atoms with E-state index in [9.17, 15) is 4.79 Å². The van der Waals surface area contributed by atoms with E-state index in [2.05, 4.69) is 6.07 Å². The molecule has 17 heavy (non-hydrogen) atoms. The molecule has 3 heteroatoms. The van der Waals surface area contributed by atoms with Crippen molar-refractivity contribution in [2.45, 2.75) is 27.3 Å². The van der Waals surface area contributed by atoms with Gasteiger partial charge in [-0.05, 0) is 26.3 Å². The summed E-state index contributed by atoms with van der Waals surface area (Å²) in [4.78, 5) is 13.9. The average molecular weight is 254 g/mol. The van der Waals surface area contributed by atoms with E-state index in [1.165, 1.54) is 5.56 Å². The maximum absolute atomic E-state index is 12.1.